The molecule has 0 aliphatic heterocycles. The molecule has 3 heterocycles. The van der Waals surface area contributed by atoms with Gasteiger partial charge in [0.05, 0.1) is 5.69 Å². The predicted octanol–water partition coefficient (Wildman–Crippen LogP) is 9.79. The first-order valence-electron chi connectivity index (χ1n) is 13.2. The topological polar surface area (TPSA) is 52.1 Å². The minimum atomic E-state index is 0.624. The van der Waals surface area contributed by atoms with E-state index >= 15 is 0 Å². The maximum atomic E-state index is 6.37. The van der Waals surface area contributed by atoms with E-state index in [0.717, 1.165) is 66.5 Å². The zero-order valence-electron chi connectivity index (χ0n) is 21.4. The van der Waals surface area contributed by atoms with E-state index in [0.29, 0.717) is 11.6 Å². The van der Waals surface area contributed by atoms with E-state index in [9.17, 15) is 0 Å². The molecule has 0 bridgehead atoms. The van der Waals surface area contributed by atoms with Crippen LogP contribution in [-0.2, 0) is 0 Å². The van der Waals surface area contributed by atoms with E-state index in [2.05, 4.69) is 60.7 Å². The molecule has 0 fully saturated rings. The van der Waals surface area contributed by atoms with Crippen molar-refractivity contribution in [1.29, 1.82) is 0 Å². The van der Waals surface area contributed by atoms with Gasteiger partial charge >= 0.3 is 0 Å². The van der Waals surface area contributed by atoms with Gasteiger partial charge in [0.25, 0.3) is 0 Å². The monoisotopic (exact) mass is 514 g/mol. The van der Waals surface area contributed by atoms with Crippen molar-refractivity contribution in [2.75, 3.05) is 0 Å². The van der Waals surface area contributed by atoms with Crippen LogP contribution in [0.4, 0.5) is 0 Å². The molecular weight excluding hydrogens is 492 g/mol. The molecule has 0 atom stereocenters. The van der Waals surface area contributed by atoms with Crippen molar-refractivity contribution in [2.45, 2.75) is 0 Å². The number of hydrogen-bond donors (Lipinski definition) is 0. The molecule has 0 amide bonds. The van der Waals surface area contributed by atoms with Gasteiger partial charge in [-0.2, -0.15) is 0 Å². The number of hydrogen-bond acceptors (Lipinski definition) is 4. The average molecular weight is 515 g/mol. The Balaban J connectivity index is 1.36. The van der Waals surface area contributed by atoms with Crippen molar-refractivity contribution in [1.82, 2.24) is 9.97 Å². The third kappa shape index (κ3) is 3.77. The fourth-order valence-corrected chi connectivity index (χ4v) is 5.37. The van der Waals surface area contributed by atoms with Crippen molar-refractivity contribution in [3.63, 3.8) is 0 Å². The van der Waals surface area contributed by atoms with Crippen LogP contribution in [0.5, 0.6) is 0 Å². The number of benzene rings is 5. The fraction of sp³-hybridized carbons (Fsp3) is 0. The van der Waals surface area contributed by atoms with Gasteiger partial charge in [0.15, 0.2) is 11.6 Å². The Morgan fingerprint density at radius 3 is 2.05 bits per heavy atom. The van der Waals surface area contributed by atoms with Crippen molar-refractivity contribution in [3.8, 4) is 45.2 Å². The lowest BCUT2D eigenvalue weighted by atomic mass is 10.0. The highest BCUT2D eigenvalue weighted by molar-refractivity contribution is 6.09. The van der Waals surface area contributed by atoms with Crippen LogP contribution in [0.1, 0.15) is 0 Å². The Morgan fingerprint density at radius 2 is 1.15 bits per heavy atom. The summed E-state index contributed by atoms with van der Waals surface area (Å²) in [5.74, 6) is 1.32. The highest BCUT2D eigenvalue weighted by atomic mass is 16.3. The standard InChI is InChI=1S/C36H22N2O2/c1-2-10-23(11-3-1)24-13-8-14-26(20-24)36-37-30(22-31(38-36)34-21-25-12-4-6-18-32(25)39-34)29-17-9-16-28-27-15-5-7-19-33(27)40-35(28)29/h1-22H. The van der Waals surface area contributed by atoms with Crippen LogP contribution in [0, 0.1) is 0 Å². The molecule has 8 rings (SSSR count). The zero-order chi connectivity index (χ0) is 26.5. The van der Waals surface area contributed by atoms with Gasteiger partial charge in [-0.3, -0.25) is 0 Å². The van der Waals surface area contributed by atoms with E-state index in [-0.39, 0.29) is 0 Å². The Hall–Kier alpha value is -5.48. The smallest absolute Gasteiger partial charge is 0.160 e. The summed E-state index contributed by atoms with van der Waals surface area (Å²) in [5.41, 5.74) is 8.07. The van der Waals surface area contributed by atoms with Gasteiger partial charge in [-0.15, -0.1) is 0 Å². The molecule has 0 saturated carbocycles. The molecule has 0 aliphatic carbocycles. The summed E-state index contributed by atoms with van der Waals surface area (Å²) in [6, 6.07) is 45.0. The molecule has 188 valence electrons. The van der Waals surface area contributed by atoms with Crippen LogP contribution in [-0.4, -0.2) is 9.97 Å². The van der Waals surface area contributed by atoms with Crippen LogP contribution in [0.25, 0.3) is 78.1 Å². The fourth-order valence-electron chi connectivity index (χ4n) is 5.37. The summed E-state index contributed by atoms with van der Waals surface area (Å²) in [7, 11) is 0. The molecule has 40 heavy (non-hydrogen) atoms. The second kappa shape index (κ2) is 9.07. The number of nitrogens with zero attached hydrogens (tertiary/aromatic N) is 2. The third-order valence-corrected chi connectivity index (χ3v) is 7.31. The maximum absolute atomic E-state index is 6.37. The molecule has 0 N–H and O–H groups in total. The van der Waals surface area contributed by atoms with Gasteiger partial charge in [0.2, 0.25) is 0 Å². The first-order valence-corrected chi connectivity index (χ1v) is 13.2. The van der Waals surface area contributed by atoms with E-state index in [1.807, 2.05) is 72.8 Å². The summed E-state index contributed by atoms with van der Waals surface area (Å²) in [4.78, 5) is 10.1. The SMILES string of the molecule is c1ccc(-c2cccc(-c3nc(-c4cc5ccccc5o4)cc(-c4cccc5c4oc4ccccc45)n3)c2)cc1. The van der Waals surface area contributed by atoms with Crippen molar-refractivity contribution < 1.29 is 8.83 Å². The first-order chi connectivity index (χ1) is 19.8. The van der Waals surface area contributed by atoms with Crippen LogP contribution in [0.3, 0.4) is 0 Å². The Labute approximate surface area is 230 Å². The highest BCUT2D eigenvalue weighted by Gasteiger charge is 2.18. The van der Waals surface area contributed by atoms with Crippen molar-refractivity contribution >= 4 is 32.9 Å². The number of para-hydroxylation sites is 3. The van der Waals surface area contributed by atoms with Gasteiger partial charge < -0.3 is 8.83 Å². The molecule has 8 aromatic rings. The molecule has 3 aromatic heterocycles. The van der Waals surface area contributed by atoms with Crippen LogP contribution < -0.4 is 0 Å². The normalized spacial score (nSPS) is 11.5. The quantitative estimate of drug-likeness (QED) is 0.234. The van der Waals surface area contributed by atoms with Crippen molar-refractivity contribution in [3.05, 3.63) is 133 Å². The second-order valence-electron chi connectivity index (χ2n) is 9.84. The molecule has 0 unspecified atom stereocenters. The van der Waals surface area contributed by atoms with E-state index < -0.39 is 0 Å². The van der Waals surface area contributed by atoms with Crippen LogP contribution in [0.15, 0.2) is 142 Å². The molecule has 5 aromatic carbocycles. The third-order valence-electron chi connectivity index (χ3n) is 7.31. The molecule has 0 radical (unpaired) electrons. The molecule has 0 spiro atoms. The van der Waals surface area contributed by atoms with Gasteiger partial charge in [0, 0.05) is 27.3 Å². The Kier molecular flexibility index (Phi) is 5.10. The summed E-state index contributed by atoms with van der Waals surface area (Å²) in [6.07, 6.45) is 0. The number of rotatable bonds is 4. The van der Waals surface area contributed by atoms with Gasteiger partial charge in [-0.05, 0) is 47.5 Å². The van der Waals surface area contributed by atoms with Crippen LogP contribution in [0.2, 0.25) is 0 Å². The zero-order valence-corrected chi connectivity index (χ0v) is 21.4. The summed E-state index contributed by atoms with van der Waals surface area (Å²) in [6.45, 7) is 0. The molecule has 0 saturated heterocycles. The number of aromatic nitrogens is 2. The van der Waals surface area contributed by atoms with Crippen LogP contribution >= 0.6 is 0 Å². The highest BCUT2D eigenvalue weighted by Crippen LogP contribution is 2.37. The Bertz CT molecular complexity index is 2140. The molecular formula is C36H22N2O2. The van der Waals surface area contributed by atoms with E-state index in [1.54, 1.807) is 0 Å². The molecule has 4 heteroatoms. The first kappa shape index (κ1) is 22.5. The second-order valence-corrected chi connectivity index (χ2v) is 9.84. The lowest BCUT2D eigenvalue weighted by molar-refractivity contribution is 0.628. The summed E-state index contributed by atoms with van der Waals surface area (Å²) < 4.78 is 12.6. The minimum Gasteiger partial charge on any atom is -0.455 e. The predicted molar refractivity (Wildman–Crippen MR) is 161 cm³/mol. The average Bonchev–Trinajstić information content (AvgIpc) is 3.63. The lowest BCUT2D eigenvalue weighted by Crippen LogP contribution is -1.96. The maximum Gasteiger partial charge on any atom is 0.160 e. The minimum absolute atomic E-state index is 0.624. The lowest BCUT2D eigenvalue weighted by Gasteiger charge is -2.10. The van der Waals surface area contributed by atoms with Gasteiger partial charge in [0.1, 0.15) is 22.4 Å². The van der Waals surface area contributed by atoms with Crippen molar-refractivity contribution in [2.24, 2.45) is 0 Å². The van der Waals surface area contributed by atoms with E-state index in [1.165, 1.54) is 0 Å². The molecule has 4 nitrogen and oxygen atoms in total. The largest absolute Gasteiger partial charge is 0.455 e. The van der Waals surface area contributed by atoms with Gasteiger partial charge in [-0.1, -0.05) is 97.1 Å². The van der Waals surface area contributed by atoms with E-state index in [4.69, 9.17) is 18.8 Å². The van der Waals surface area contributed by atoms with Gasteiger partial charge in [-0.25, -0.2) is 9.97 Å². The Morgan fingerprint density at radius 1 is 0.450 bits per heavy atom. The number of furan rings is 2. The molecule has 0 aliphatic rings. The summed E-state index contributed by atoms with van der Waals surface area (Å²) >= 11 is 0. The summed E-state index contributed by atoms with van der Waals surface area (Å²) in [5, 5.41) is 3.18. The number of fused-ring (bicyclic) bond motifs is 4.